The summed E-state index contributed by atoms with van der Waals surface area (Å²) < 4.78 is 0. The molecule has 23 heavy (non-hydrogen) atoms. The van der Waals surface area contributed by atoms with Gasteiger partial charge < -0.3 is 5.73 Å². The minimum atomic E-state index is 0.787. The molecule has 1 nitrogen and oxygen atoms in total. The molecule has 0 aliphatic heterocycles. The molecule has 0 saturated carbocycles. The van der Waals surface area contributed by atoms with Gasteiger partial charge in [0.15, 0.2) is 0 Å². The maximum atomic E-state index is 6.15. The highest BCUT2D eigenvalue weighted by molar-refractivity contribution is 5.88. The largest absolute Gasteiger partial charge is 0.399 e. The van der Waals surface area contributed by atoms with E-state index in [0.717, 1.165) is 16.8 Å². The Bertz CT molecular complexity index is 971. The summed E-state index contributed by atoms with van der Waals surface area (Å²) >= 11 is 0. The van der Waals surface area contributed by atoms with E-state index in [1.807, 2.05) is 30.3 Å². The predicted octanol–water partition coefficient (Wildman–Crippen LogP) is 5.76. The zero-order chi connectivity index (χ0) is 15.6. The fraction of sp³-hybridized carbons (Fsp3) is 0. The smallest absolute Gasteiger partial charge is 0.0326 e. The summed E-state index contributed by atoms with van der Waals surface area (Å²) in [7, 11) is 0. The SMILES string of the molecule is Nc1cc(-c2ccccc2)cc(-c2ccc3ccccc3c2)c1. The summed E-state index contributed by atoms with van der Waals surface area (Å²) in [6, 6.07) is 31.6. The van der Waals surface area contributed by atoms with Crippen molar-refractivity contribution in [3.05, 3.63) is 91.0 Å². The van der Waals surface area contributed by atoms with Gasteiger partial charge >= 0.3 is 0 Å². The average molecular weight is 295 g/mol. The van der Waals surface area contributed by atoms with Gasteiger partial charge in [0.25, 0.3) is 0 Å². The van der Waals surface area contributed by atoms with Crippen LogP contribution in [-0.2, 0) is 0 Å². The van der Waals surface area contributed by atoms with Crippen molar-refractivity contribution in [1.29, 1.82) is 0 Å². The molecule has 0 spiro atoms. The molecule has 0 heterocycles. The van der Waals surface area contributed by atoms with E-state index in [4.69, 9.17) is 5.73 Å². The Balaban J connectivity index is 1.86. The summed E-state index contributed by atoms with van der Waals surface area (Å²) in [5, 5.41) is 2.50. The molecule has 0 aromatic heterocycles. The number of rotatable bonds is 2. The van der Waals surface area contributed by atoms with E-state index < -0.39 is 0 Å². The van der Waals surface area contributed by atoms with Crippen LogP contribution in [0.5, 0.6) is 0 Å². The van der Waals surface area contributed by atoms with Crippen molar-refractivity contribution in [2.75, 3.05) is 5.73 Å². The first kappa shape index (κ1) is 13.6. The van der Waals surface area contributed by atoms with Crippen molar-refractivity contribution in [3.8, 4) is 22.3 Å². The first-order valence-corrected chi connectivity index (χ1v) is 7.75. The third-order valence-corrected chi connectivity index (χ3v) is 4.15. The summed E-state index contributed by atoms with van der Waals surface area (Å²) in [4.78, 5) is 0. The number of fused-ring (bicyclic) bond motifs is 1. The predicted molar refractivity (Wildman–Crippen MR) is 99.2 cm³/mol. The average Bonchev–Trinajstić information content (AvgIpc) is 2.61. The van der Waals surface area contributed by atoms with Crippen molar-refractivity contribution in [2.45, 2.75) is 0 Å². The fourth-order valence-corrected chi connectivity index (χ4v) is 2.98. The molecule has 0 bridgehead atoms. The van der Waals surface area contributed by atoms with Crippen LogP contribution in [-0.4, -0.2) is 0 Å². The molecular formula is C22H17N. The number of nitrogen functional groups attached to an aromatic ring is 1. The van der Waals surface area contributed by atoms with Gasteiger partial charge in [-0.2, -0.15) is 0 Å². The maximum Gasteiger partial charge on any atom is 0.0326 e. The van der Waals surface area contributed by atoms with Gasteiger partial charge in [0.05, 0.1) is 0 Å². The summed E-state index contributed by atoms with van der Waals surface area (Å²) in [5.41, 5.74) is 11.6. The van der Waals surface area contributed by atoms with Crippen molar-refractivity contribution < 1.29 is 0 Å². The van der Waals surface area contributed by atoms with Gasteiger partial charge in [-0.1, -0.05) is 66.7 Å². The Labute approximate surface area is 136 Å². The Hall–Kier alpha value is -3.06. The second kappa shape index (κ2) is 5.62. The molecular weight excluding hydrogens is 278 g/mol. The van der Waals surface area contributed by atoms with E-state index >= 15 is 0 Å². The number of hydrogen-bond acceptors (Lipinski definition) is 1. The highest BCUT2D eigenvalue weighted by Gasteiger charge is 2.05. The second-order valence-electron chi connectivity index (χ2n) is 5.77. The molecule has 0 aliphatic rings. The lowest BCUT2D eigenvalue weighted by Gasteiger charge is -2.09. The molecule has 0 saturated heterocycles. The zero-order valence-electron chi connectivity index (χ0n) is 12.7. The Morgan fingerprint density at radius 3 is 1.87 bits per heavy atom. The third-order valence-electron chi connectivity index (χ3n) is 4.15. The van der Waals surface area contributed by atoms with Gasteiger partial charge in [0.1, 0.15) is 0 Å². The van der Waals surface area contributed by atoms with E-state index in [1.54, 1.807) is 0 Å². The van der Waals surface area contributed by atoms with E-state index in [-0.39, 0.29) is 0 Å². The topological polar surface area (TPSA) is 26.0 Å². The molecule has 0 atom stereocenters. The van der Waals surface area contributed by atoms with Crippen molar-refractivity contribution in [2.24, 2.45) is 0 Å². The van der Waals surface area contributed by atoms with Crippen molar-refractivity contribution in [3.63, 3.8) is 0 Å². The second-order valence-corrected chi connectivity index (χ2v) is 5.77. The van der Waals surface area contributed by atoms with E-state index in [0.29, 0.717) is 0 Å². The Morgan fingerprint density at radius 2 is 1.09 bits per heavy atom. The number of hydrogen-bond donors (Lipinski definition) is 1. The molecule has 4 aromatic rings. The van der Waals surface area contributed by atoms with Crippen LogP contribution < -0.4 is 5.73 Å². The highest BCUT2D eigenvalue weighted by atomic mass is 14.5. The van der Waals surface area contributed by atoms with Crippen LogP contribution in [0.1, 0.15) is 0 Å². The van der Waals surface area contributed by atoms with E-state index in [1.165, 1.54) is 21.9 Å². The lowest BCUT2D eigenvalue weighted by Crippen LogP contribution is -1.89. The lowest BCUT2D eigenvalue weighted by atomic mass is 9.96. The highest BCUT2D eigenvalue weighted by Crippen LogP contribution is 2.31. The maximum absolute atomic E-state index is 6.15. The monoisotopic (exact) mass is 295 g/mol. The molecule has 0 fully saturated rings. The summed E-state index contributed by atoms with van der Waals surface area (Å²) in [6.45, 7) is 0. The lowest BCUT2D eigenvalue weighted by molar-refractivity contribution is 1.59. The Kier molecular flexibility index (Phi) is 3.32. The van der Waals surface area contributed by atoms with Crippen LogP contribution in [0.2, 0.25) is 0 Å². The van der Waals surface area contributed by atoms with Gasteiger partial charge in [-0.15, -0.1) is 0 Å². The van der Waals surface area contributed by atoms with Crippen LogP contribution in [0.25, 0.3) is 33.0 Å². The van der Waals surface area contributed by atoms with Crippen LogP contribution in [0.3, 0.4) is 0 Å². The van der Waals surface area contributed by atoms with Gasteiger partial charge in [0.2, 0.25) is 0 Å². The minimum absolute atomic E-state index is 0.787. The molecule has 2 N–H and O–H groups in total. The van der Waals surface area contributed by atoms with Gasteiger partial charge in [-0.05, 0) is 57.3 Å². The van der Waals surface area contributed by atoms with Crippen LogP contribution in [0.15, 0.2) is 91.0 Å². The number of anilines is 1. The third kappa shape index (κ3) is 2.69. The van der Waals surface area contributed by atoms with Crippen LogP contribution in [0.4, 0.5) is 5.69 Å². The first-order chi connectivity index (χ1) is 11.3. The molecule has 4 aromatic carbocycles. The van der Waals surface area contributed by atoms with Crippen molar-refractivity contribution >= 4 is 16.5 Å². The molecule has 0 aliphatic carbocycles. The quantitative estimate of drug-likeness (QED) is 0.468. The van der Waals surface area contributed by atoms with Gasteiger partial charge in [-0.3, -0.25) is 0 Å². The molecule has 0 radical (unpaired) electrons. The summed E-state index contributed by atoms with van der Waals surface area (Å²) in [6.07, 6.45) is 0. The zero-order valence-corrected chi connectivity index (χ0v) is 12.7. The standard InChI is InChI=1S/C22H17N/c23-22-14-20(16-6-2-1-3-7-16)13-21(15-22)19-11-10-17-8-4-5-9-18(17)12-19/h1-15H,23H2. The minimum Gasteiger partial charge on any atom is -0.399 e. The molecule has 110 valence electrons. The number of nitrogens with two attached hydrogens (primary N) is 1. The van der Waals surface area contributed by atoms with E-state index in [2.05, 4.69) is 60.7 Å². The normalized spacial score (nSPS) is 10.8. The summed E-state index contributed by atoms with van der Waals surface area (Å²) in [5.74, 6) is 0. The van der Waals surface area contributed by atoms with Gasteiger partial charge in [0, 0.05) is 5.69 Å². The Morgan fingerprint density at radius 1 is 0.435 bits per heavy atom. The van der Waals surface area contributed by atoms with Crippen molar-refractivity contribution in [1.82, 2.24) is 0 Å². The fourth-order valence-electron chi connectivity index (χ4n) is 2.98. The van der Waals surface area contributed by atoms with Crippen LogP contribution >= 0.6 is 0 Å². The molecule has 0 unspecified atom stereocenters. The van der Waals surface area contributed by atoms with Crippen LogP contribution in [0, 0.1) is 0 Å². The number of benzene rings is 4. The molecule has 1 heteroatoms. The van der Waals surface area contributed by atoms with E-state index in [9.17, 15) is 0 Å². The first-order valence-electron chi connectivity index (χ1n) is 7.75. The van der Waals surface area contributed by atoms with Gasteiger partial charge in [-0.25, -0.2) is 0 Å². The molecule has 4 rings (SSSR count). The molecule has 0 amide bonds.